The summed E-state index contributed by atoms with van der Waals surface area (Å²) in [6.07, 6.45) is 14.5. The molecule has 0 radical (unpaired) electrons. The maximum Gasteiger partial charge on any atom is 0.0278 e. The average Bonchev–Trinajstić information content (AvgIpc) is 2.23. The lowest BCUT2D eigenvalue weighted by Crippen LogP contribution is -2.46. The Kier molecular flexibility index (Phi) is 6.26. The van der Waals surface area contributed by atoms with E-state index in [0.717, 1.165) is 12.8 Å². The van der Waals surface area contributed by atoms with E-state index in [2.05, 4.69) is 0 Å². The first-order valence-electron chi connectivity index (χ1n) is 6.76. The molecule has 1 aliphatic rings. The van der Waals surface area contributed by atoms with E-state index in [1.54, 1.807) is 0 Å². The van der Waals surface area contributed by atoms with Crippen LogP contribution in [0.1, 0.15) is 70.6 Å². The van der Waals surface area contributed by atoms with Crippen molar-refractivity contribution in [1.29, 1.82) is 0 Å². The molecule has 0 saturated heterocycles. The van der Waals surface area contributed by atoms with Gasteiger partial charge in [0, 0.05) is 12.1 Å². The Hall–Kier alpha value is -0.0800. The zero-order chi connectivity index (χ0) is 11.0. The second-order valence-electron chi connectivity index (χ2n) is 5.25. The van der Waals surface area contributed by atoms with Crippen LogP contribution in [0.4, 0.5) is 0 Å². The van der Waals surface area contributed by atoms with Crippen molar-refractivity contribution in [3.63, 3.8) is 0 Å². The third-order valence-electron chi connectivity index (χ3n) is 3.76. The molecule has 2 heteroatoms. The summed E-state index contributed by atoms with van der Waals surface area (Å²) in [5.41, 5.74) is 12.0. The quantitative estimate of drug-likeness (QED) is 0.702. The minimum atomic E-state index is -0.0564. The lowest BCUT2D eigenvalue weighted by Gasteiger charge is -2.28. The third kappa shape index (κ3) is 5.53. The van der Waals surface area contributed by atoms with Gasteiger partial charge in [-0.1, -0.05) is 57.8 Å². The molecule has 15 heavy (non-hydrogen) atoms. The van der Waals surface area contributed by atoms with E-state index in [0.29, 0.717) is 6.54 Å². The Morgan fingerprint density at radius 2 is 1.00 bits per heavy atom. The molecule has 4 N–H and O–H groups in total. The van der Waals surface area contributed by atoms with Gasteiger partial charge in [0.25, 0.3) is 0 Å². The topological polar surface area (TPSA) is 52.0 Å². The lowest BCUT2D eigenvalue weighted by atomic mass is 9.86. The van der Waals surface area contributed by atoms with Crippen LogP contribution in [0.3, 0.4) is 0 Å². The van der Waals surface area contributed by atoms with E-state index in [9.17, 15) is 0 Å². The molecule has 0 aromatic rings. The van der Waals surface area contributed by atoms with Gasteiger partial charge in [-0.15, -0.1) is 0 Å². The fourth-order valence-corrected chi connectivity index (χ4v) is 2.52. The predicted molar refractivity (Wildman–Crippen MR) is 66.8 cm³/mol. The Morgan fingerprint density at radius 1 is 0.667 bits per heavy atom. The molecule has 1 saturated carbocycles. The number of rotatable bonds is 1. The molecule has 0 bridgehead atoms. The fourth-order valence-electron chi connectivity index (χ4n) is 2.52. The molecule has 0 aromatic carbocycles. The van der Waals surface area contributed by atoms with Crippen molar-refractivity contribution < 1.29 is 0 Å². The van der Waals surface area contributed by atoms with Crippen LogP contribution >= 0.6 is 0 Å². The van der Waals surface area contributed by atoms with E-state index >= 15 is 0 Å². The zero-order valence-corrected chi connectivity index (χ0v) is 10.1. The van der Waals surface area contributed by atoms with Crippen molar-refractivity contribution in [2.45, 2.75) is 76.2 Å². The molecule has 90 valence electrons. The summed E-state index contributed by atoms with van der Waals surface area (Å²) < 4.78 is 0. The molecular weight excluding hydrogens is 184 g/mol. The Bertz CT molecular complexity index is 145. The maximum absolute atomic E-state index is 6.31. The summed E-state index contributed by atoms with van der Waals surface area (Å²) in [5, 5.41) is 0. The maximum atomic E-state index is 6.31. The minimum Gasteiger partial charge on any atom is -0.329 e. The van der Waals surface area contributed by atoms with Gasteiger partial charge in [-0.05, 0) is 12.8 Å². The Balaban J connectivity index is 2.32. The molecule has 0 aromatic heterocycles. The largest absolute Gasteiger partial charge is 0.329 e. The van der Waals surface area contributed by atoms with Gasteiger partial charge in [-0.25, -0.2) is 0 Å². The molecule has 1 fully saturated rings. The van der Waals surface area contributed by atoms with Crippen molar-refractivity contribution in [3.8, 4) is 0 Å². The van der Waals surface area contributed by atoms with E-state index in [4.69, 9.17) is 11.5 Å². The van der Waals surface area contributed by atoms with Crippen molar-refractivity contribution in [3.05, 3.63) is 0 Å². The highest BCUT2D eigenvalue weighted by molar-refractivity contribution is 4.85. The average molecular weight is 212 g/mol. The van der Waals surface area contributed by atoms with Crippen LogP contribution < -0.4 is 11.5 Å². The van der Waals surface area contributed by atoms with Gasteiger partial charge < -0.3 is 11.5 Å². The van der Waals surface area contributed by atoms with E-state index in [1.165, 1.54) is 57.8 Å². The summed E-state index contributed by atoms with van der Waals surface area (Å²) in [5.74, 6) is 0. The molecule has 0 heterocycles. The van der Waals surface area contributed by atoms with Crippen LogP contribution in [-0.2, 0) is 0 Å². The standard InChI is InChI=1S/C13H28N2/c14-12-13(15)10-8-6-4-2-1-3-5-7-9-11-13/h1-12,14-15H2. The highest BCUT2D eigenvalue weighted by atomic mass is 14.8. The zero-order valence-electron chi connectivity index (χ0n) is 10.1. The molecule has 0 amide bonds. The first kappa shape index (κ1) is 13.0. The third-order valence-corrected chi connectivity index (χ3v) is 3.76. The highest BCUT2D eigenvalue weighted by Gasteiger charge is 2.21. The van der Waals surface area contributed by atoms with Crippen LogP contribution in [0.25, 0.3) is 0 Å². The van der Waals surface area contributed by atoms with Crippen LogP contribution in [0.5, 0.6) is 0 Å². The van der Waals surface area contributed by atoms with Gasteiger partial charge >= 0.3 is 0 Å². The van der Waals surface area contributed by atoms with Crippen LogP contribution in [0, 0.1) is 0 Å². The van der Waals surface area contributed by atoms with Crippen molar-refractivity contribution in [2.75, 3.05) is 6.54 Å². The van der Waals surface area contributed by atoms with Crippen molar-refractivity contribution >= 4 is 0 Å². The first-order valence-corrected chi connectivity index (χ1v) is 6.76. The monoisotopic (exact) mass is 212 g/mol. The number of nitrogens with two attached hydrogens (primary N) is 2. The fraction of sp³-hybridized carbons (Fsp3) is 1.00. The minimum absolute atomic E-state index is 0.0564. The van der Waals surface area contributed by atoms with Gasteiger partial charge in [-0.3, -0.25) is 0 Å². The van der Waals surface area contributed by atoms with E-state index < -0.39 is 0 Å². The predicted octanol–water partition coefficient (Wildman–Crippen LogP) is 2.95. The molecule has 0 spiro atoms. The number of hydrogen-bond acceptors (Lipinski definition) is 2. The van der Waals surface area contributed by atoms with Gasteiger partial charge in [-0.2, -0.15) is 0 Å². The highest BCUT2D eigenvalue weighted by Crippen LogP contribution is 2.21. The summed E-state index contributed by atoms with van der Waals surface area (Å²) in [6, 6.07) is 0. The second kappa shape index (κ2) is 7.24. The van der Waals surface area contributed by atoms with Crippen molar-refractivity contribution in [2.24, 2.45) is 11.5 Å². The molecule has 1 rings (SSSR count). The lowest BCUT2D eigenvalue weighted by molar-refractivity contribution is 0.338. The summed E-state index contributed by atoms with van der Waals surface area (Å²) in [7, 11) is 0. The molecule has 0 aliphatic heterocycles. The smallest absolute Gasteiger partial charge is 0.0278 e. The normalized spacial score (nSPS) is 25.2. The molecule has 2 nitrogen and oxygen atoms in total. The molecule has 1 aliphatic carbocycles. The summed E-state index contributed by atoms with van der Waals surface area (Å²) in [6.45, 7) is 0.660. The molecule has 0 atom stereocenters. The first-order chi connectivity index (χ1) is 7.27. The van der Waals surface area contributed by atoms with E-state index in [-0.39, 0.29) is 5.54 Å². The SMILES string of the molecule is NCC1(N)CCCCCCCCCCC1. The second-order valence-corrected chi connectivity index (χ2v) is 5.25. The summed E-state index contributed by atoms with van der Waals surface area (Å²) >= 11 is 0. The van der Waals surface area contributed by atoms with Crippen LogP contribution in [0.15, 0.2) is 0 Å². The van der Waals surface area contributed by atoms with Crippen LogP contribution in [0.2, 0.25) is 0 Å². The van der Waals surface area contributed by atoms with Crippen LogP contribution in [-0.4, -0.2) is 12.1 Å². The van der Waals surface area contributed by atoms with Gasteiger partial charge in [0.1, 0.15) is 0 Å². The van der Waals surface area contributed by atoms with Gasteiger partial charge in [0.2, 0.25) is 0 Å². The van der Waals surface area contributed by atoms with E-state index in [1.807, 2.05) is 0 Å². The Morgan fingerprint density at radius 3 is 1.33 bits per heavy atom. The number of hydrogen-bond donors (Lipinski definition) is 2. The summed E-state index contributed by atoms with van der Waals surface area (Å²) in [4.78, 5) is 0. The molecule has 0 unspecified atom stereocenters. The van der Waals surface area contributed by atoms with Gasteiger partial charge in [0.15, 0.2) is 0 Å². The van der Waals surface area contributed by atoms with Gasteiger partial charge in [0.05, 0.1) is 0 Å². The molecular formula is C13H28N2. The Labute approximate surface area is 94.8 Å². The van der Waals surface area contributed by atoms with Crippen molar-refractivity contribution in [1.82, 2.24) is 0 Å².